The van der Waals surface area contributed by atoms with Crippen LogP contribution in [0.5, 0.6) is 0 Å². The lowest BCUT2D eigenvalue weighted by Gasteiger charge is -2.27. The number of rotatable bonds is 1. The average molecular weight is 306 g/mol. The number of halogens is 2. The Labute approximate surface area is 105 Å². The lowest BCUT2D eigenvalue weighted by atomic mass is 10.1. The molecule has 0 amide bonds. The minimum absolute atomic E-state index is 0.0638. The van der Waals surface area contributed by atoms with Crippen LogP contribution >= 0.6 is 15.9 Å². The molecule has 0 spiro atoms. The van der Waals surface area contributed by atoms with Crippen molar-refractivity contribution in [1.82, 2.24) is 5.32 Å². The molecule has 1 N–H and O–H groups in total. The molecule has 0 saturated carbocycles. The van der Waals surface area contributed by atoms with Gasteiger partial charge in [-0.3, -0.25) is 4.21 Å². The van der Waals surface area contributed by atoms with Gasteiger partial charge in [-0.05, 0) is 40.5 Å². The summed E-state index contributed by atoms with van der Waals surface area (Å²) in [6.07, 6.45) is 0. The highest BCUT2D eigenvalue weighted by Gasteiger charge is 2.25. The Morgan fingerprint density at radius 3 is 2.94 bits per heavy atom. The van der Waals surface area contributed by atoms with Crippen LogP contribution in [0.1, 0.15) is 18.5 Å². The van der Waals surface area contributed by atoms with Crippen LogP contribution in [0, 0.1) is 5.82 Å². The zero-order valence-corrected chi connectivity index (χ0v) is 11.3. The maximum absolute atomic E-state index is 13.1. The van der Waals surface area contributed by atoms with E-state index in [1.165, 1.54) is 6.07 Å². The van der Waals surface area contributed by atoms with E-state index >= 15 is 0 Å². The van der Waals surface area contributed by atoms with E-state index in [2.05, 4.69) is 21.2 Å². The summed E-state index contributed by atoms with van der Waals surface area (Å²) in [6, 6.07) is 4.99. The van der Waals surface area contributed by atoms with Crippen LogP contribution in [0.4, 0.5) is 4.39 Å². The first kappa shape index (κ1) is 12.2. The lowest BCUT2D eigenvalue weighted by Crippen LogP contribution is -2.41. The van der Waals surface area contributed by atoms with E-state index in [1.54, 1.807) is 12.1 Å². The molecule has 0 bridgehead atoms. The van der Waals surface area contributed by atoms with Crippen LogP contribution in [0.2, 0.25) is 0 Å². The highest BCUT2D eigenvalue weighted by molar-refractivity contribution is 9.10. The third-order valence-electron chi connectivity index (χ3n) is 2.78. The zero-order chi connectivity index (χ0) is 11.7. The SMILES string of the molecule is CC1CNC(c2ccc(F)c(Br)c2)CS1=O. The van der Waals surface area contributed by atoms with Crippen molar-refractivity contribution in [3.8, 4) is 0 Å². The average Bonchev–Trinajstić information content (AvgIpc) is 2.26. The normalized spacial score (nSPS) is 30.3. The van der Waals surface area contributed by atoms with Gasteiger partial charge in [0, 0.05) is 34.4 Å². The van der Waals surface area contributed by atoms with E-state index in [0.717, 1.165) is 12.1 Å². The van der Waals surface area contributed by atoms with Crippen molar-refractivity contribution in [1.29, 1.82) is 0 Å². The maximum atomic E-state index is 13.1. The number of nitrogens with one attached hydrogen (secondary N) is 1. The van der Waals surface area contributed by atoms with Crippen molar-refractivity contribution in [2.24, 2.45) is 0 Å². The van der Waals surface area contributed by atoms with Crippen molar-refractivity contribution < 1.29 is 8.60 Å². The molecule has 1 aliphatic rings. The van der Waals surface area contributed by atoms with E-state index in [4.69, 9.17) is 0 Å². The Morgan fingerprint density at radius 2 is 2.31 bits per heavy atom. The summed E-state index contributed by atoms with van der Waals surface area (Å²) in [6.45, 7) is 2.71. The van der Waals surface area contributed by atoms with Crippen LogP contribution in [-0.2, 0) is 10.8 Å². The Balaban J connectivity index is 2.18. The summed E-state index contributed by atoms with van der Waals surface area (Å²) in [5.74, 6) is 0.327. The number of benzene rings is 1. The molecule has 0 radical (unpaired) electrons. The van der Waals surface area contributed by atoms with Crippen molar-refractivity contribution >= 4 is 26.7 Å². The van der Waals surface area contributed by atoms with Crippen LogP contribution in [0.25, 0.3) is 0 Å². The first-order chi connectivity index (χ1) is 7.58. The molecule has 1 heterocycles. The van der Waals surface area contributed by atoms with E-state index in [1.807, 2.05) is 6.92 Å². The molecule has 1 aromatic carbocycles. The molecule has 1 fully saturated rings. The van der Waals surface area contributed by atoms with Crippen molar-refractivity contribution in [2.45, 2.75) is 18.2 Å². The summed E-state index contributed by atoms with van der Waals surface area (Å²) in [5, 5.41) is 3.52. The Bertz CT molecular complexity index is 426. The molecule has 0 aliphatic carbocycles. The van der Waals surface area contributed by atoms with Crippen LogP contribution < -0.4 is 5.32 Å². The van der Waals surface area contributed by atoms with E-state index in [0.29, 0.717) is 10.2 Å². The smallest absolute Gasteiger partial charge is 0.137 e. The van der Waals surface area contributed by atoms with Gasteiger partial charge in [-0.15, -0.1) is 0 Å². The first-order valence-corrected chi connectivity index (χ1v) is 7.31. The molecule has 1 saturated heterocycles. The summed E-state index contributed by atoms with van der Waals surface area (Å²) in [5.41, 5.74) is 0.980. The highest BCUT2D eigenvalue weighted by Crippen LogP contribution is 2.24. The summed E-state index contributed by atoms with van der Waals surface area (Å²) in [4.78, 5) is 0. The summed E-state index contributed by atoms with van der Waals surface area (Å²) >= 11 is 3.16. The largest absolute Gasteiger partial charge is 0.308 e. The number of hydrogen-bond donors (Lipinski definition) is 1. The van der Waals surface area contributed by atoms with Crippen molar-refractivity contribution in [2.75, 3.05) is 12.3 Å². The van der Waals surface area contributed by atoms with Gasteiger partial charge in [-0.25, -0.2) is 4.39 Å². The summed E-state index contributed by atoms with van der Waals surface area (Å²) < 4.78 is 25.2. The summed E-state index contributed by atoms with van der Waals surface area (Å²) in [7, 11) is -0.799. The topological polar surface area (TPSA) is 29.1 Å². The third-order valence-corrected chi connectivity index (χ3v) is 5.11. The van der Waals surface area contributed by atoms with Gasteiger partial charge in [0.15, 0.2) is 0 Å². The molecule has 1 aromatic rings. The monoisotopic (exact) mass is 305 g/mol. The van der Waals surface area contributed by atoms with Gasteiger partial charge in [0.1, 0.15) is 5.82 Å². The minimum Gasteiger partial charge on any atom is -0.308 e. The maximum Gasteiger partial charge on any atom is 0.137 e. The van der Waals surface area contributed by atoms with E-state index in [9.17, 15) is 8.60 Å². The van der Waals surface area contributed by atoms with Crippen molar-refractivity contribution in [3.63, 3.8) is 0 Å². The van der Waals surface area contributed by atoms with Crippen LogP contribution in [0.15, 0.2) is 22.7 Å². The predicted molar refractivity (Wildman–Crippen MR) is 67.3 cm³/mol. The zero-order valence-electron chi connectivity index (χ0n) is 8.87. The fourth-order valence-corrected chi connectivity index (χ4v) is 3.38. The van der Waals surface area contributed by atoms with Gasteiger partial charge in [0.2, 0.25) is 0 Å². The molecule has 16 heavy (non-hydrogen) atoms. The molecule has 3 atom stereocenters. The fourth-order valence-electron chi connectivity index (χ4n) is 1.73. The van der Waals surface area contributed by atoms with Gasteiger partial charge >= 0.3 is 0 Å². The lowest BCUT2D eigenvalue weighted by molar-refractivity contribution is 0.538. The van der Waals surface area contributed by atoms with Gasteiger partial charge in [0.05, 0.1) is 4.47 Å². The van der Waals surface area contributed by atoms with Gasteiger partial charge in [-0.1, -0.05) is 6.07 Å². The molecule has 3 unspecified atom stereocenters. The Hall–Kier alpha value is -0.260. The van der Waals surface area contributed by atoms with Gasteiger partial charge in [-0.2, -0.15) is 0 Å². The Kier molecular flexibility index (Phi) is 3.77. The molecular weight excluding hydrogens is 293 g/mol. The molecular formula is C11H13BrFNOS. The van der Waals surface area contributed by atoms with E-state index < -0.39 is 10.8 Å². The fraction of sp³-hybridized carbons (Fsp3) is 0.455. The molecule has 0 aromatic heterocycles. The first-order valence-electron chi connectivity index (χ1n) is 5.13. The van der Waals surface area contributed by atoms with Gasteiger partial charge < -0.3 is 5.32 Å². The Morgan fingerprint density at radius 1 is 1.56 bits per heavy atom. The highest BCUT2D eigenvalue weighted by atomic mass is 79.9. The molecule has 1 aliphatic heterocycles. The van der Waals surface area contributed by atoms with Crippen LogP contribution in [0.3, 0.4) is 0 Å². The quantitative estimate of drug-likeness (QED) is 0.863. The molecule has 88 valence electrons. The molecule has 2 nitrogen and oxygen atoms in total. The second kappa shape index (κ2) is 4.94. The standard InChI is InChI=1S/C11H13BrFNOS/c1-7-5-14-11(6-16(7)15)8-2-3-10(13)9(12)4-8/h2-4,7,11,14H,5-6H2,1H3. The second-order valence-corrected chi connectivity index (χ2v) is 6.75. The van der Waals surface area contributed by atoms with Gasteiger partial charge in [0.25, 0.3) is 0 Å². The van der Waals surface area contributed by atoms with Crippen LogP contribution in [-0.4, -0.2) is 21.8 Å². The number of hydrogen-bond acceptors (Lipinski definition) is 2. The van der Waals surface area contributed by atoms with Crippen molar-refractivity contribution in [3.05, 3.63) is 34.1 Å². The second-order valence-electron chi connectivity index (χ2n) is 3.99. The minimum atomic E-state index is -0.799. The molecule has 5 heteroatoms. The third kappa shape index (κ3) is 2.52. The molecule has 2 rings (SSSR count). The predicted octanol–water partition coefficient (Wildman–Crippen LogP) is 2.37. The van der Waals surface area contributed by atoms with E-state index in [-0.39, 0.29) is 17.1 Å².